The molecule has 4 nitrogen and oxygen atoms in total. The van der Waals surface area contributed by atoms with E-state index in [4.69, 9.17) is 5.26 Å². The zero-order chi connectivity index (χ0) is 10.7. The van der Waals surface area contributed by atoms with E-state index in [0.29, 0.717) is 5.56 Å². The van der Waals surface area contributed by atoms with Crippen LogP contribution in [0.2, 0.25) is 0 Å². The van der Waals surface area contributed by atoms with Crippen molar-refractivity contribution in [1.29, 1.82) is 5.26 Å². The summed E-state index contributed by atoms with van der Waals surface area (Å²) in [6.07, 6.45) is 4.56. The van der Waals surface area contributed by atoms with Gasteiger partial charge in [0.1, 0.15) is 0 Å². The Hall–Kier alpha value is -2.41. The van der Waals surface area contributed by atoms with Gasteiger partial charge in [-0.15, -0.1) is 4.91 Å². The molecular weight excluding hydrogens is 190 g/mol. The van der Waals surface area contributed by atoms with Crippen molar-refractivity contribution >= 4 is 17.0 Å². The number of aromatic amines is 1. The molecule has 0 aliphatic rings. The van der Waals surface area contributed by atoms with Crippen LogP contribution in [0.3, 0.4) is 0 Å². The Morgan fingerprint density at radius 3 is 3.07 bits per heavy atom. The highest BCUT2D eigenvalue weighted by molar-refractivity contribution is 5.89. The summed E-state index contributed by atoms with van der Waals surface area (Å²) in [5, 5.41) is 12.3. The van der Waals surface area contributed by atoms with E-state index in [0.717, 1.165) is 16.5 Å². The maximum absolute atomic E-state index is 9.96. The topological polar surface area (TPSA) is 69.0 Å². The van der Waals surface area contributed by atoms with Crippen molar-refractivity contribution in [2.24, 2.45) is 5.18 Å². The predicted octanol–water partition coefficient (Wildman–Crippen LogP) is 2.78. The standard InChI is InChI=1S/C11H7N3O/c12-6-8-1-2-11-10(5-8)9(7-13-11)3-4-14-15/h1-5,7,13H/b4-3+. The number of benzene rings is 1. The molecule has 0 unspecified atom stereocenters. The molecule has 0 atom stereocenters. The number of H-pyrrole nitrogens is 1. The molecule has 2 aromatic rings. The lowest BCUT2D eigenvalue weighted by Crippen LogP contribution is -1.74. The van der Waals surface area contributed by atoms with Crippen molar-refractivity contribution in [3.8, 4) is 6.07 Å². The number of hydrogen-bond acceptors (Lipinski definition) is 3. The van der Waals surface area contributed by atoms with Gasteiger partial charge in [-0.2, -0.15) is 5.26 Å². The smallest absolute Gasteiger partial charge is 0.0991 e. The highest BCUT2D eigenvalue weighted by Crippen LogP contribution is 2.20. The molecule has 0 fully saturated rings. The van der Waals surface area contributed by atoms with Crippen LogP contribution in [-0.4, -0.2) is 4.98 Å². The van der Waals surface area contributed by atoms with Crippen LogP contribution in [-0.2, 0) is 0 Å². The Morgan fingerprint density at radius 2 is 2.33 bits per heavy atom. The van der Waals surface area contributed by atoms with Crippen molar-refractivity contribution < 1.29 is 0 Å². The third kappa shape index (κ3) is 1.63. The van der Waals surface area contributed by atoms with Gasteiger partial charge in [0, 0.05) is 22.7 Å². The zero-order valence-corrected chi connectivity index (χ0v) is 7.77. The minimum absolute atomic E-state index is 0.593. The van der Waals surface area contributed by atoms with Gasteiger partial charge < -0.3 is 4.98 Å². The number of nitrogens with zero attached hydrogens (tertiary/aromatic N) is 2. The highest BCUT2D eigenvalue weighted by Gasteiger charge is 2.01. The van der Waals surface area contributed by atoms with Gasteiger partial charge in [0.15, 0.2) is 0 Å². The van der Waals surface area contributed by atoms with Crippen LogP contribution < -0.4 is 0 Å². The quantitative estimate of drug-likeness (QED) is 0.752. The fourth-order valence-electron chi connectivity index (χ4n) is 1.46. The van der Waals surface area contributed by atoms with Crippen LogP contribution in [0.4, 0.5) is 0 Å². The molecule has 1 heterocycles. The monoisotopic (exact) mass is 197 g/mol. The molecule has 15 heavy (non-hydrogen) atoms. The van der Waals surface area contributed by atoms with Gasteiger partial charge >= 0.3 is 0 Å². The SMILES string of the molecule is N#Cc1ccc2[nH]cc(/C=C/N=O)c2c1. The summed E-state index contributed by atoms with van der Waals surface area (Å²) in [5.74, 6) is 0. The van der Waals surface area contributed by atoms with Gasteiger partial charge in [0.25, 0.3) is 0 Å². The van der Waals surface area contributed by atoms with Crippen molar-refractivity contribution in [1.82, 2.24) is 4.98 Å². The van der Waals surface area contributed by atoms with Crippen molar-refractivity contribution in [2.45, 2.75) is 0 Å². The summed E-state index contributed by atoms with van der Waals surface area (Å²) in [7, 11) is 0. The summed E-state index contributed by atoms with van der Waals surface area (Å²) in [4.78, 5) is 13.0. The Kier molecular flexibility index (Phi) is 2.30. The maximum Gasteiger partial charge on any atom is 0.0991 e. The first kappa shape index (κ1) is 9.16. The van der Waals surface area contributed by atoms with E-state index in [1.807, 2.05) is 6.07 Å². The summed E-state index contributed by atoms with van der Waals surface area (Å²) < 4.78 is 0. The predicted molar refractivity (Wildman–Crippen MR) is 57.8 cm³/mol. The molecular formula is C11H7N3O. The molecule has 1 N–H and O–H groups in total. The number of aromatic nitrogens is 1. The number of nitroso groups, excluding NO2 is 1. The molecule has 0 radical (unpaired) electrons. The van der Waals surface area contributed by atoms with Crippen LogP contribution in [0.1, 0.15) is 11.1 Å². The molecule has 0 bridgehead atoms. The van der Waals surface area contributed by atoms with Crippen LogP contribution >= 0.6 is 0 Å². The molecule has 72 valence electrons. The molecule has 0 amide bonds. The average Bonchev–Trinajstić information content (AvgIpc) is 2.68. The van der Waals surface area contributed by atoms with Gasteiger partial charge in [-0.3, -0.25) is 0 Å². The second-order valence-corrected chi connectivity index (χ2v) is 3.04. The van der Waals surface area contributed by atoms with Gasteiger partial charge in [-0.05, 0) is 29.5 Å². The first-order valence-electron chi connectivity index (χ1n) is 4.35. The summed E-state index contributed by atoms with van der Waals surface area (Å²) >= 11 is 0. The Balaban J connectivity index is 2.62. The average molecular weight is 197 g/mol. The van der Waals surface area contributed by atoms with Crippen LogP contribution in [0.15, 0.2) is 35.8 Å². The van der Waals surface area contributed by atoms with Crippen LogP contribution in [0.5, 0.6) is 0 Å². The van der Waals surface area contributed by atoms with E-state index in [1.165, 1.54) is 6.20 Å². The van der Waals surface area contributed by atoms with E-state index < -0.39 is 0 Å². The molecule has 4 heteroatoms. The molecule has 0 aliphatic carbocycles. The lowest BCUT2D eigenvalue weighted by molar-refractivity contribution is 1.46. The molecule has 1 aromatic carbocycles. The molecule has 0 spiro atoms. The van der Waals surface area contributed by atoms with E-state index >= 15 is 0 Å². The second kappa shape index (κ2) is 3.76. The number of nitriles is 1. The summed E-state index contributed by atoms with van der Waals surface area (Å²) in [6.45, 7) is 0. The number of rotatable bonds is 2. The minimum atomic E-state index is 0.593. The number of nitrogens with one attached hydrogen (secondary N) is 1. The first-order valence-corrected chi connectivity index (χ1v) is 4.35. The van der Waals surface area contributed by atoms with E-state index in [2.05, 4.69) is 16.2 Å². The van der Waals surface area contributed by atoms with Gasteiger partial charge in [0.05, 0.1) is 17.8 Å². The van der Waals surface area contributed by atoms with Gasteiger partial charge in [-0.1, -0.05) is 0 Å². The van der Waals surface area contributed by atoms with Crippen molar-refractivity contribution in [3.63, 3.8) is 0 Å². The van der Waals surface area contributed by atoms with Crippen molar-refractivity contribution in [2.75, 3.05) is 0 Å². The minimum Gasteiger partial charge on any atom is -0.361 e. The first-order chi connectivity index (χ1) is 7.35. The summed E-state index contributed by atoms with van der Waals surface area (Å²) in [5.41, 5.74) is 2.37. The molecule has 0 saturated heterocycles. The normalized spacial score (nSPS) is 10.6. The van der Waals surface area contributed by atoms with E-state index in [9.17, 15) is 4.91 Å². The number of hydrogen-bond donors (Lipinski definition) is 1. The Labute approximate surface area is 85.8 Å². The summed E-state index contributed by atoms with van der Waals surface area (Å²) in [6, 6.07) is 7.42. The van der Waals surface area contributed by atoms with Crippen molar-refractivity contribution in [3.05, 3.63) is 46.6 Å². The molecule has 1 aromatic heterocycles. The third-order valence-corrected chi connectivity index (χ3v) is 2.16. The fourth-order valence-corrected chi connectivity index (χ4v) is 1.46. The Bertz CT molecular complexity index is 575. The lowest BCUT2D eigenvalue weighted by atomic mass is 10.1. The van der Waals surface area contributed by atoms with Crippen LogP contribution in [0, 0.1) is 16.2 Å². The van der Waals surface area contributed by atoms with Crippen LogP contribution in [0.25, 0.3) is 17.0 Å². The van der Waals surface area contributed by atoms with Gasteiger partial charge in [-0.25, -0.2) is 0 Å². The second-order valence-electron chi connectivity index (χ2n) is 3.04. The van der Waals surface area contributed by atoms with E-state index in [1.54, 1.807) is 24.4 Å². The third-order valence-electron chi connectivity index (χ3n) is 2.16. The fraction of sp³-hybridized carbons (Fsp3) is 0. The maximum atomic E-state index is 9.96. The largest absolute Gasteiger partial charge is 0.361 e. The lowest BCUT2D eigenvalue weighted by Gasteiger charge is -1.92. The highest BCUT2D eigenvalue weighted by atomic mass is 16.2. The van der Waals surface area contributed by atoms with E-state index in [-0.39, 0.29) is 0 Å². The zero-order valence-electron chi connectivity index (χ0n) is 7.77. The molecule has 0 saturated carbocycles. The molecule has 0 aliphatic heterocycles. The van der Waals surface area contributed by atoms with Gasteiger partial charge in [0.2, 0.25) is 0 Å². The number of fused-ring (bicyclic) bond motifs is 1. The molecule has 2 rings (SSSR count). The Morgan fingerprint density at radius 1 is 1.47 bits per heavy atom.